The smallest absolute Gasteiger partial charge is 0.239 e. The number of carbonyl (C=O) groups excluding carboxylic acids is 2. The van der Waals surface area contributed by atoms with E-state index in [1.165, 1.54) is 4.90 Å². The van der Waals surface area contributed by atoms with E-state index in [-0.39, 0.29) is 29.8 Å². The van der Waals surface area contributed by atoms with Gasteiger partial charge in [-0.05, 0) is 40.2 Å². The van der Waals surface area contributed by atoms with E-state index in [1.54, 1.807) is 7.05 Å². The lowest BCUT2D eigenvalue weighted by molar-refractivity contribution is -0.143. The van der Waals surface area contributed by atoms with Crippen LogP contribution in [0.25, 0.3) is 0 Å². The van der Waals surface area contributed by atoms with Crippen molar-refractivity contribution in [3.63, 3.8) is 0 Å². The lowest BCUT2D eigenvalue weighted by Crippen LogP contribution is -2.51. The lowest BCUT2D eigenvalue weighted by Gasteiger charge is -2.35. The summed E-state index contributed by atoms with van der Waals surface area (Å²) >= 11 is 0. The Labute approximate surface area is 109 Å². The number of rotatable bonds is 4. The second-order valence-corrected chi connectivity index (χ2v) is 5.72. The van der Waals surface area contributed by atoms with Crippen LogP contribution in [0.3, 0.4) is 0 Å². The highest BCUT2D eigenvalue weighted by Crippen LogP contribution is 2.27. The summed E-state index contributed by atoms with van der Waals surface area (Å²) in [6.45, 7) is 7.59. The molecule has 1 saturated heterocycles. The normalized spacial score (nSPS) is 23.8. The summed E-state index contributed by atoms with van der Waals surface area (Å²) in [5.41, 5.74) is -0.370. The average molecular weight is 255 g/mol. The molecule has 1 aliphatic heterocycles. The third kappa shape index (κ3) is 3.98. The van der Waals surface area contributed by atoms with Crippen LogP contribution in [0.5, 0.6) is 0 Å². The second kappa shape index (κ2) is 6.18. The van der Waals surface area contributed by atoms with E-state index in [1.807, 2.05) is 20.8 Å². The van der Waals surface area contributed by atoms with Gasteiger partial charge in [-0.1, -0.05) is 0 Å². The summed E-state index contributed by atoms with van der Waals surface area (Å²) in [4.78, 5) is 25.5. The van der Waals surface area contributed by atoms with Crippen molar-refractivity contribution in [3.05, 3.63) is 0 Å². The van der Waals surface area contributed by atoms with Crippen molar-refractivity contribution in [2.45, 2.75) is 39.7 Å². The van der Waals surface area contributed by atoms with Crippen LogP contribution in [-0.4, -0.2) is 49.4 Å². The minimum absolute atomic E-state index is 0.0496. The molecule has 2 N–H and O–H groups in total. The molecule has 5 nitrogen and oxygen atoms in total. The Morgan fingerprint density at radius 1 is 1.44 bits per heavy atom. The van der Waals surface area contributed by atoms with Gasteiger partial charge in [-0.15, -0.1) is 0 Å². The molecule has 0 aromatic carbocycles. The molecule has 1 aliphatic rings. The summed E-state index contributed by atoms with van der Waals surface area (Å²) in [7, 11) is 1.70. The first-order valence-electron chi connectivity index (χ1n) is 6.61. The molecule has 1 fully saturated rings. The van der Waals surface area contributed by atoms with Crippen LogP contribution in [0, 0.1) is 5.41 Å². The molecule has 1 atom stereocenters. The number of hydrogen-bond acceptors (Lipinski definition) is 3. The van der Waals surface area contributed by atoms with Crippen molar-refractivity contribution < 1.29 is 9.59 Å². The number of nitrogens with one attached hydrogen (secondary N) is 2. The van der Waals surface area contributed by atoms with Gasteiger partial charge in [0.25, 0.3) is 0 Å². The molecule has 0 aromatic rings. The molecule has 2 amide bonds. The Hall–Kier alpha value is -1.10. The molecule has 0 radical (unpaired) electrons. The molecule has 0 bridgehead atoms. The minimum Gasteiger partial charge on any atom is -0.352 e. The average Bonchev–Trinajstić information content (AvgIpc) is 2.27. The number of carbonyl (C=O) groups is 2. The van der Waals surface area contributed by atoms with Gasteiger partial charge < -0.3 is 15.5 Å². The highest BCUT2D eigenvalue weighted by molar-refractivity contribution is 5.87. The molecular formula is C13H25N3O2. The van der Waals surface area contributed by atoms with Crippen molar-refractivity contribution in [2.75, 3.05) is 26.7 Å². The second-order valence-electron chi connectivity index (χ2n) is 5.72. The van der Waals surface area contributed by atoms with Crippen molar-refractivity contribution in [2.24, 2.45) is 5.41 Å². The predicted molar refractivity (Wildman–Crippen MR) is 71.1 cm³/mol. The molecular weight excluding hydrogens is 230 g/mol. The number of nitrogens with zero attached hydrogens (tertiary/aromatic N) is 1. The van der Waals surface area contributed by atoms with Gasteiger partial charge in [0.05, 0.1) is 12.0 Å². The highest BCUT2D eigenvalue weighted by atomic mass is 16.2. The summed E-state index contributed by atoms with van der Waals surface area (Å²) < 4.78 is 0. The Bertz CT molecular complexity index is 309. The van der Waals surface area contributed by atoms with Crippen molar-refractivity contribution in [1.29, 1.82) is 0 Å². The van der Waals surface area contributed by atoms with E-state index in [0.717, 1.165) is 19.4 Å². The Morgan fingerprint density at radius 2 is 2.11 bits per heavy atom. The van der Waals surface area contributed by atoms with Crippen LogP contribution in [0.15, 0.2) is 0 Å². The van der Waals surface area contributed by atoms with Crippen molar-refractivity contribution >= 4 is 11.8 Å². The SMILES string of the molecule is CC(C)NC(=O)CN(C)C(=O)C1(C)CCCNC1. The van der Waals surface area contributed by atoms with Crippen LogP contribution in [0.1, 0.15) is 33.6 Å². The zero-order chi connectivity index (χ0) is 13.8. The molecule has 104 valence electrons. The molecule has 1 heterocycles. The highest BCUT2D eigenvalue weighted by Gasteiger charge is 2.36. The molecule has 18 heavy (non-hydrogen) atoms. The van der Waals surface area contributed by atoms with Gasteiger partial charge >= 0.3 is 0 Å². The number of hydrogen-bond donors (Lipinski definition) is 2. The maximum atomic E-state index is 12.3. The van der Waals surface area contributed by atoms with Crippen LogP contribution >= 0.6 is 0 Å². The van der Waals surface area contributed by atoms with E-state index < -0.39 is 0 Å². The van der Waals surface area contributed by atoms with E-state index in [2.05, 4.69) is 10.6 Å². The molecule has 0 saturated carbocycles. The maximum absolute atomic E-state index is 12.3. The fourth-order valence-electron chi connectivity index (χ4n) is 2.35. The summed E-state index contributed by atoms with van der Waals surface area (Å²) in [5, 5.41) is 6.04. The Kier molecular flexibility index (Phi) is 5.14. The molecule has 0 aliphatic carbocycles. The number of amides is 2. The first-order chi connectivity index (χ1) is 8.35. The van der Waals surface area contributed by atoms with E-state index >= 15 is 0 Å². The fourth-order valence-corrected chi connectivity index (χ4v) is 2.35. The van der Waals surface area contributed by atoms with Crippen LogP contribution in [0.4, 0.5) is 0 Å². The quantitative estimate of drug-likeness (QED) is 0.762. The van der Waals surface area contributed by atoms with Crippen LogP contribution < -0.4 is 10.6 Å². The Balaban J connectivity index is 2.52. The van der Waals surface area contributed by atoms with Crippen molar-refractivity contribution in [3.8, 4) is 0 Å². The lowest BCUT2D eigenvalue weighted by atomic mass is 9.81. The molecule has 1 unspecified atom stereocenters. The van der Waals surface area contributed by atoms with Crippen LogP contribution in [0.2, 0.25) is 0 Å². The maximum Gasteiger partial charge on any atom is 0.239 e. The fraction of sp³-hybridized carbons (Fsp3) is 0.846. The standard InChI is InChI=1S/C13H25N3O2/c1-10(2)15-11(17)8-16(4)12(18)13(3)6-5-7-14-9-13/h10,14H,5-9H2,1-4H3,(H,15,17). The largest absolute Gasteiger partial charge is 0.352 e. The third-order valence-corrected chi connectivity index (χ3v) is 3.29. The van der Waals surface area contributed by atoms with Gasteiger partial charge in [-0.25, -0.2) is 0 Å². The molecule has 0 aromatic heterocycles. The number of likely N-dealkylation sites (N-methyl/N-ethyl adjacent to an activating group) is 1. The summed E-state index contributed by atoms with van der Waals surface area (Å²) in [6.07, 6.45) is 1.89. The summed E-state index contributed by atoms with van der Waals surface area (Å²) in [6, 6.07) is 0.105. The van der Waals surface area contributed by atoms with E-state index in [0.29, 0.717) is 6.54 Å². The minimum atomic E-state index is -0.370. The topological polar surface area (TPSA) is 61.4 Å². The van der Waals surface area contributed by atoms with Gasteiger partial charge in [0.1, 0.15) is 0 Å². The monoisotopic (exact) mass is 255 g/mol. The first kappa shape index (κ1) is 15.0. The van der Waals surface area contributed by atoms with Gasteiger partial charge in [-0.2, -0.15) is 0 Å². The Morgan fingerprint density at radius 3 is 2.61 bits per heavy atom. The third-order valence-electron chi connectivity index (χ3n) is 3.29. The van der Waals surface area contributed by atoms with Gasteiger partial charge in [0, 0.05) is 19.6 Å². The number of piperidine rings is 1. The zero-order valence-electron chi connectivity index (χ0n) is 11.9. The van der Waals surface area contributed by atoms with Gasteiger partial charge in [0.15, 0.2) is 0 Å². The molecule has 0 spiro atoms. The molecule has 1 rings (SSSR count). The van der Waals surface area contributed by atoms with Crippen LogP contribution in [-0.2, 0) is 9.59 Å². The first-order valence-corrected chi connectivity index (χ1v) is 6.61. The van der Waals surface area contributed by atoms with E-state index in [9.17, 15) is 9.59 Å². The van der Waals surface area contributed by atoms with Gasteiger partial charge in [0.2, 0.25) is 11.8 Å². The van der Waals surface area contributed by atoms with Gasteiger partial charge in [-0.3, -0.25) is 9.59 Å². The zero-order valence-corrected chi connectivity index (χ0v) is 11.9. The van der Waals surface area contributed by atoms with Crippen molar-refractivity contribution in [1.82, 2.24) is 15.5 Å². The molecule has 5 heteroatoms. The van der Waals surface area contributed by atoms with E-state index in [4.69, 9.17) is 0 Å². The predicted octanol–water partition coefficient (Wildman–Crippen LogP) is 0.359. The summed E-state index contributed by atoms with van der Waals surface area (Å²) in [5.74, 6) is -0.0539.